The smallest absolute Gasteiger partial charge is 0.475 e. The van der Waals surface area contributed by atoms with Crippen LogP contribution in [0.4, 0.5) is 24.8 Å². The molecule has 2 fully saturated rings. The van der Waals surface area contributed by atoms with Crippen molar-refractivity contribution in [3.63, 3.8) is 0 Å². The molecule has 6 rings (SSSR count). The van der Waals surface area contributed by atoms with E-state index < -0.39 is 22.0 Å². The summed E-state index contributed by atoms with van der Waals surface area (Å²) in [7, 11) is -3.08. The van der Waals surface area contributed by atoms with E-state index in [1.54, 1.807) is 31.0 Å². The molecule has 4 aromatic heterocycles. The van der Waals surface area contributed by atoms with Crippen LogP contribution in [0.1, 0.15) is 34.8 Å². The third-order valence-electron chi connectivity index (χ3n) is 6.90. The molecule has 0 radical (unpaired) electrons. The van der Waals surface area contributed by atoms with Crippen molar-refractivity contribution in [2.45, 2.75) is 25.1 Å². The molecule has 0 bridgehead atoms. The molecule has 42 heavy (non-hydrogen) atoms. The summed E-state index contributed by atoms with van der Waals surface area (Å²) >= 11 is 6.64. The number of fused-ring (bicyclic) bond motifs is 2. The zero-order valence-corrected chi connectivity index (χ0v) is 23.2. The van der Waals surface area contributed by atoms with Gasteiger partial charge in [-0.3, -0.25) is 9.20 Å². The number of nitrogens with two attached hydrogens (primary N) is 1. The van der Waals surface area contributed by atoms with E-state index in [1.807, 2.05) is 15.4 Å². The first-order chi connectivity index (χ1) is 19.8. The fourth-order valence-electron chi connectivity index (χ4n) is 4.76. The van der Waals surface area contributed by atoms with E-state index in [4.69, 9.17) is 27.2 Å². The summed E-state index contributed by atoms with van der Waals surface area (Å²) in [6.07, 6.45) is 3.42. The monoisotopic (exact) mass is 628 g/mol. The fourth-order valence-corrected chi connectivity index (χ4v) is 6.22. The van der Waals surface area contributed by atoms with Crippen molar-refractivity contribution in [1.82, 2.24) is 29.3 Å². The maximum Gasteiger partial charge on any atom is 0.490 e. The first-order valence-electron chi connectivity index (χ1n) is 12.6. The fraction of sp³-hybridized carbons (Fsp3) is 0.375. The molecule has 18 heteroatoms. The number of sulfone groups is 1. The lowest BCUT2D eigenvalue weighted by molar-refractivity contribution is -0.192. The number of nitrogens with zero attached hydrogens (tertiary/aromatic N) is 6. The van der Waals surface area contributed by atoms with E-state index >= 15 is 0 Å². The number of nitrogens with one attached hydrogen (secondary N) is 1. The lowest BCUT2D eigenvalue weighted by Crippen LogP contribution is -2.42. The number of rotatable bonds is 5. The minimum Gasteiger partial charge on any atom is -0.475 e. The molecule has 0 spiro atoms. The van der Waals surface area contributed by atoms with Gasteiger partial charge in [0.05, 0.1) is 34.3 Å². The average Bonchev–Trinajstić information content (AvgIpc) is 3.52. The number of carbonyl (C=O) groups is 2. The van der Waals surface area contributed by atoms with Gasteiger partial charge in [0.1, 0.15) is 17.7 Å². The van der Waals surface area contributed by atoms with Gasteiger partial charge < -0.3 is 21.1 Å². The highest BCUT2D eigenvalue weighted by molar-refractivity contribution is 7.91. The van der Waals surface area contributed by atoms with Crippen LogP contribution in [0.3, 0.4) is 0 Å². The normalized spacial score (nSPS) is 17.5. The third-order valence-corrected chi connectivity index (χ3v) is 8.81. The minimum absolute atomic E-state index is 0.0658. The van der Waals surface area contributed by atoms with E-state index in [1.165, 1.54) is 4.52 Å². The average molecular weight is 629 g/mol. The van der Waals surface area contributed by atoms with E-state index in [2.05, 4.69) is 20.4 Å². The number of alkyl halides is 3. The van der Waals surface area contributed by atoms with Gasteiger partial charge in [-0.15, -0.1) is 5.10 Å². The van der Waals surface area contributed by atoms with Gasteiger partial charge in [-0.2, -0.15) is 13.2 Å². The van der Waals surface area contributed by atoms with Gasteiger partial charge in [0.2, 0.25) is 0 Å². The Balaban J connectivity index is 0.000000451. The quantitative estimate of drug-likeness (QED) is 0.297. The Morgan fingerprint density at radius 2 is 1.88 bits per heavy atom. The molecular weight excluding hydrogens is 605 g/mol. The summed E-state index contributed by atoms with van der Waals surface area (Å²) in [6, 6.07) is 3.21. The van der Waals surface area contributed by atoms with Crippen LogP contribution < -0.4 is 16.0 Å². The number of carboxylic acids is 1. The molecule has 1 saturated heterocycles. The van der Waals surface area contributed by atoms with E-state index in [9.17, 15) is 26.4 Å². The number of aliphatic carboxylic acids is 1. The van der Waals surface area contributed by atoms with Gasteiger partial charge in [0.15, 0.2) is 21.3 Å². The standard InChI is InChI=1S/C22H23ClN8O3S.C2HF3O2/c23-15-10-14(22(30-12-25-11-16(15)30)29-6-8-35(33,34)9-7-29)18(13-2-3-13)27-21(32)17-19(24)28-31-5-1-4-26-20(17)31;3-2(4,5)1(6)7/h1,4-5,10-13,18H,2-3,6-9H2,(H2,24,28)(H,27,32);(H,6,7). The third kappa shape index (κ3) is 5.92. The lowest BCUT2D eigenvalue weighted by Gasteiger charge is -2.33. The van der Waals surface area contributed by atoms with E-state index in [-0.39, 0.29) is 40.8 Å². The maximum absolute atomic E-state index is 13.5. The highest BCUT2D eigenvalue weighted by atomic mass is 35.5. The minimum atomic E-state index is -5.08. The Bertz CT molecular complexity index is 1770. The van der Waals surface area contributed by atoms with Crippen molar-refractivity contribution in [2.75, 3.05) is 35.2 Å². The number of amides is 1. The zero-order chi connectivity index (χ0) is 30.4. The summed E-state index contributed by atoms with van der Waals surface area (Å²) in [6.45, 7) is 0.695. The molecule has 4 aromatic rings. The Morgan fingerprint density at radius 3 is 2.50 bits per heavy atom. The van der Waals surface area contributed by atoms with Gasteiger partial charge in [-0.25, -0.2) is 27.7 Å². The lowest BCUT2D eigenvalue weighted by atomic mass is 10.0. The predicted octanol–water partition coefficient (Wildman–Crippen LogP) is 2.36. The van der Waals surface area contributed by atoms with Crippen molar-refractivity contribution < 1.29 is 36.3 Å². The van der Waals surface area contributed by atoms with Crippen molar-refractivity contribution in [2.24, 2.45) is 5.92 Å². The molecule has 1 unspecified atom stereocenters. The number of imidazole rings is 1. The van der Waals surface area contributed by atoms with Crippen LogP contribution in [-0.4, -0.2) is 80.2 Å². The van der Waals surface area contributed by atoms with Gasteiger partial charge in [0, 0.05) is 31.0 Å². The molecule has 13 nitrogen and oxygen atoms in total. The van der Waals surface area contributed by atoms with Crippen LogP contribution in [0.25, 0.3) is 11.2 Å². The highest BCUT2D eigenvalue weighted by Crippen LogP contribution is 2.45. The van der Waals surface area contributed by atoms with Gasteiger partial charge in [-0.1, -0.05) is 11.6 Å². The Hall–Kier alpha value is -4.12. The number of pyridine rings is 1. The van der Waals surface area contributed by atoms with Crippen LogP contribution in [0.5, 0.6) is 0 Å². The number of hydrogen-bond acceptors (Lipinski definition) is 9. The van der Waals surface area contributed by atoms with Crippen LogP contribution in [0.15, 0.2) is 37.1 Å². The highest BCUT2D eigenvalue weighted by Gasteiger charge is 2.39. The second-order valence-electron chi connectivity index (χ2n) is 9.80. The first-order valence-corrected chi connectivity index (χ1v) is 14.8. The van der Waals surface area contributed by atoms with Crippen molar-refractivity contribution in [3.8, 4) is 0 Å². The van der Waals surface area contributed by atoms with E-state index in [0.717, 1.165) is 29.7 Å². The molecule has 1 saturated carbocycles. The number of carbonyl (C=O) groups excluding carboxylic acids is 1. The Labute approximate surface area is 241 Å². The largest absolute Gasteiger partial charge is 0.490 e. The SMILES string of the molecule is Nc1nn2cccnc2c1C(=O)NC(c1cc(Cl)c2cncn2c1N1CCS(=O)(=O)CC1)C1CC1.O=C(O)C(F)(F)F. The maximum atomic E-state index is 13.5. The number of carboxylic acid groups (broad SMARTS) is 1. The molecule has 1 aliphatic carbocycles. The van der Waals surface area contributed by atoms with Crippen LogP contribution in [0, 0.1) is 5.92 Å². The first kappa shape index (κ1) is 29.4. The van der Waals surface area contributed by atoms with Crippen molar-refractivity contribution >= 4 is 56.1 Å². The topological polar surface area (TPSA) is 177 Å². The summed E-state index contributed by atoms with van der Waals surface area (Å²) in [4.78, 5) is 33.0. The van der Waals surface area contributed by atoms with Crippen molar-refractivity contribution in [1.29, 1.82) is 0 Å². The second kappa shape index (κ2) is 10.9. The summed E-state index contributed by atoms with van der Waals surface area (Å²) < 4.78 is 59.3. The molecule has 5 heterocycles. The predicted molar refractivity (Wildman–Crippen MR) is 145 cm³/mol. The zero-order valence-electron chi connectivity index (χ0n) is 21.6. The molecule has 1 atom stereocenters. The second-order valence-corrected chi connectivity index (χ2v) is 12.5. The summed E-state index contributed by atoms with van der Waals surface area (Å²) in [5.74, 6) is -1.90. The van der Waals surface area contributed by atoms with Gasteiger partial charge in [0.25, 0.3) is 5.91 Å². The molecule has 1 amide bonds. The number of halogens is 4. The molecule has 224 valence electrons. The molecule has 1 aliphatic heterocycles. The Morgan fingerprint density at radius 1 is 1.21 bits per heavy atom. The number of anilines is 2. The number of nitrogen functional groups attached to an aromatic ring is 1. The van der Waals surface area contributed by atoms with Gasteiger partial charge >= 0.3 is 12.1 Å². The van der Waals surface area contributed by atoms with Crippen LogP contribution >= 0.6 is 11.6 Å². The molecular formula is C24H24ClF3N8O5S. The van der Waals surface area contributed by atoms with Crippen LogP contribution in [0.2, 0.25) is 5.02 Å². The molecule has 4 N–H and O–H groups in total. The van der Waals surface area contributed by atoms with Gasteiger partial charge in [-0.05, 0) is 30.9 Å². The summed E-state index contributed by atoms with van der Waals surface area (Å²) in [5, 5.41) is 15.0. The van der Waals surface area contributed by atoms with Crippen molar-refractivity contribution in [3.05, 3.63) is 53.2 Å². The van der Waals surface area contributed by atoms with Crippen LogP contribution in [-0.2, 0) is 14.6 Å². The number of aromatic nitrogens is 5. The Kier molecular flexibility index (Phi) is 7.65. The summed E-state index contributed by atoms with van der Waals surface area (Å²) in [5.41, 5.74) is 8.22. The molecule has 2 aliphatic rings. The molecule has 0 aromatic carbocycles. The number of hydrogen-bond donors (Lipinski definition) is 3. The van der Waals surface area contributed by atoms with E-state index in [0.29, 0.717) is 23.8 Å².